The maximum Gasteiger partial charge on any atom is 0.0664 e. The first kappa shape index (κ1) is 21.9. The number of unbranched alkanes of at least 4 members (excludes halogenated alkanes) is 11. The number of hydrogen-bond donors (Lipinski definition) is 3. The Morgan fingerprint density at radius 2 is 1.14 bits per heavy atom. The third kappa shape index (κ3) is 17.9. The van der Waals surface area contributed by atoms with Gasteiger partial charge in [0.05, 0.1) is 12.2 Å². The van der Waals surface area contributed by atoms with E-state index in [0.717, 1.165) is 12.8 Å². The lowest BCUT2D eigenvalue weighted by Crippen LogP contribution is -2.31. The van der Waals surface area contributed by atoms with Crippen molar-refractivity contribution in [2.75, 3.05) is 13.1 Å². The van der Waals surface area contributed by atoms with E-state index in [9.17, 15) is 5.11 Å². The minimum atomic E-state index is -0.334. The van der Waals surface area contributed by atoms with Gasteiger partial charge in [-0.2, -0.15) is 0 Å². The van der Waals surface area contributed by atoms with Crippen molar-refractivity contribution in [3.63, 3.8) is 0 Å². The Bertz CT molecular complexity index is 210. The first-order chi connectivity index (χ1) is 10.7. The molecule has 3 heteroatoms. The monoisotopic (exact) mass is 315 g/mol. The normalized spacial score (nSPS) is 14.2. The summed E-state index contributed by atoms with van der Waals surface area (Å²) in [6.45, 7) is 5.19. The van der Waals surface area contributed by atoms with E-state index in [0.29, 0.717) is 13.1 Å². The molecule has 0 aromatic rings. The second kappa shape index (κ2) is 17.2. The van der Waals surface area contributed by atoms with Crippen molar-refractivity contribution in [2.24, 2.45) is 0 Å². The van der Waals surface area contributed by atoms with Gasteiger partial charge in [0.15, 0.2) is 0 Å². The minimum Gasteiger partial charge on any atom is -0.392 e. The molecule has 0 bridgehead atoms. The second-order valence-electron chi connectivity index (χ2n) is 6.84. The van der Waals surface area contributed by atoms with E-state index in [4.69, 9.17) is 5.11 Å². The number of aliphatic hydroxyl groups is 2. The van der Waals surface area contributed by atoms with Crippen molar-refractivity contribution >= 4 is 0 Å². The highest BCUT2D eigenvalue weighted by atomic mass is 16.3. The van der Waals surface area contributed by atoms with E-state index in [2.05, 4.69) is 12.2 Å². The molecule has 0 aliphatic carbocycles. The van der Waals surface area contributed by atoms with Gasteiger partial charge in [0.2, 0.25) is 0 Å². The van der Waals surface area contributed by atoms with Crippen LogP contribution in [0.3, 0.4) is 0 Å². The zero-order chi connectivity index (χ0) is 16.5. The maximum atomic E-state index is 9.78. The third-order valence-corrected chi connectivity index (χ3v) is 4.21. The quantitative estimate of drug-likeness (QED) is 0.348. The lowest BCUT2D eigenvalue weighted by molar-refractivity contribution is 0.144. The Hall–Kier alpha value is -0.120. The summed E-state index contributed by atoms with van der Waals surface area (Å²) in [5.74, 6) is 0. The van der Waals surface area contributed by atoms with E-state index in [1.165, 1.54) is 70.6 Å². The van der Waals surface area contributed by atoms with Gasteiger partial charge >= 0.3 is 0 Å². The van der Waals surface area contributed by atoms with Crippen LogP contribution in [0.5, 0.6) is 0 Å². The SMILES string of the molecule is CCCCCCCCCCCCCCC(O)CNCC(C)O. The molecule has 0 saturated heterocycles. The molecule has 0 amide bonds. The molecule has 3 N–H and O–H groups in total. The lowest BCUT2D eigenvalue weighted by atomic mass is 10.0. The first-order valence-electron chi connectivity index (χ1n) is 9.73. The van der Waals surface area contributed by atoms with Gasteiger partial charge in [0.1, 0.15) is 0 Å². The fourth-order valence-corrected chi connectivity index (χ4v) is 2.78. The molecule has 0 fully saturated rings. The third-order valence-electron chi connectivity index (χ3n) is 4.21. The van der Waals surface area contributed by atoms with Crippen LogP contribution >= 0.6 is 0 Å². The zero-order valence-corrected chi connectivity index (χ0v) is 15.2. The van der Waals surface area contributed by atoms with Crippen LogP contribution in [-0.2, 0) is 0 Å². The van der Waals surface area contributed by atoms with Crippen LogP contribution in [0.2, 0.25) is 0 Å². The smallest absolute Gasteiger partial charge is 0.0664 e. The summed E-state index contributed by atoms with van der Waals surface area (Å²) in [5.41, 5.74) is 0. The molecular weight excluding hydrogens is 274 g/mol. The predicted octanol–water partition coefficient (Wildman–Crippen LogP) is 4.41. The summed E-state index contributed by atoms with van der Waals surface area (Å²) < 4.78 is 0. The fraction of sp³-hybridized carbons (Fsp3) is 1.00. The van der Waals surface area contributed by atoms with Crippen LogP contribution in [-0.4, -0.2) is 35.5 Å². The Labute approximate surface area is 138 Å². The van der Waals surface area contributed by atoms with Gasteiger partial charge in [-0.25, -0.2) is 0 Å². The molecule has 2 atom stereocenters. The molecule has 0 rings (SSSR count). The summed E-state index contributed by atoms with van der Waals surface area (Å²) in [6.07, 6.45) is 16.5. The minimum absolute atomic E-state index is 0.262. The summed E-state index contributed by atoms with van der Waals surface area (Å²) in [7, 11) is 0. The summed E-state index contributed by atoms with van der Waals surface area (Å²) in [4.78, 5) is 0. The van der Waals surface area contributed by atoms with Crippen LogP contribution < -0.4 is 5.32 Å². The molecule has 3 nitrogen and oxygen atoms in total. The highest BCUT2D eigenvalue weighted by molar-refractivity contribution is 4.61. The number of rotatable bonds is 17. The summed E-state index contributed by atoms with van der Waals surface area (Å²) >= 11 is 0. The van der Waals surface area contributed by atoms with Gasteiger partial charge in [0, 0.05) is 13.1 Å². The Morgan fingerprint density at radius 3 is 1.59 bits per heavy atom. The number of aliphatic hydroxyl groups excluding tert-OH is 2. The van der Waals surface area contributed by atoms with Gasteiger partial charge in [-0.05, 0) is 13.3 Å². The van der Waals surface area contributed by atoms with E-state index in [1.807, 2.05) is 0 Å². The largest absolute Gasteiger partial charge is 0.392 e. The lowest BCUT2D eigenvalue weighted by Gasteiger charge is -2.12. The molecular formula is C19H41NO2. The Morgan fingerprint density at radius 1 is 0.682 bits per heavy atom. The van der Waals surface area contributed by atoms with Crippen LogP contribution in [0.15, 0.2) is 0 Å². The number of hydrogen-bond acceptors (Lipinski definition) is 3. The van der Waals surface area contributed by atoms with Gasteiger partial charge in [-0.3, -0.25) is 0 Å². The number of nitrogens with one attached hydrogen (secondary N) is 1. The molecule has 0 aromatic heterocycles. The van der Waals surface area contributed by atoms with Crippen molar-refractivity contribution in [1.29, 1.82) is 0 Å². The van der Waals surface area contributed by atoms with Gasteiger partial charge in [0.25, 0.3) is 0 Å². The van der Waals surface area contributed by atoms with Crippen molar-refractivity contribution < 1.29 is 10.2 Å². The molecule has 0 aliphatic rings. The van der Waals surface area contributed by atoms with Crippen LogP contribution in [0.1, 0.15) is 97.3 Å². The van der Waals surface area contributed by atoms with E-state index in [1.54, 1.807) is 6.92 Å². The molecule has 2 unspecified atom stereocenters. The Kier molecular flexibility index (Phi) is 17.1. The Balaban J connectivity index is 3.10. The van der Waals surface area contributed by atoms with Crippen LogP contribution in [0, 0.1) is 0 Å². The summed E-state index contributed by atoms with van der Waals surface area (Å²) in [5, 5.41) is 22.0. The van der Waals surface area contributed by atoms with E-state index in [-0.39, 0.29) is 12.2 Å². The first-order valence-corrected chi connectivity index (χ1v) is 9.73. The summed E-state index contributed by atoms with van der Waals surface area (Å²) in [6, 6.07) is 0. The van der Waals surface area contributed by atoms with Crippen molar-refractivity contribution in [3.8, 4) is 0 Å². The highest BCUT2D eigenvalue weighted by Crippen LogP contribution is 2.12. The molecule has 0 radical (unpaired) electrons. The fourth-order valence-electron chi connectivity index (χ4n) is 2.78. The second-order valence-corrected chi connectivity index (χ2v) is 6.84. The maximum absolute atomic E-state index is 9.78. The zero-order valence-electron chi connectivity index (χ0n) is 15.2. The van der Waals surface area contributed by atoms with Crippen molar-refractivity contribution in [1.82, 2.24) is 5.32 Å². The van der Waals surface area contributed by atoms with E-state index >= 15 is 0 Å². The van der Waals surface area contributed by atoms with Gasteiger partial charge in [-0.1, -0.05) is 84.0 Å². The topological polar surface area (TPSA) is 52.5 Å². The molecule has 0 saturated carbocycles. The average Bonchev–Trinajstić information content (AvgIpc) is 2.48. The van der Waals surface area contributed by atoms with Gasteiger partial charge in [-0.15, -0.1) is 0 Å². The van der Waals surface area contributed by atoms with Crippen molar-refractivity contribution in [2.45, 2.75) is 110 Å². The molecule has 0 heterocycles. The molecule has 0 aliphatic heterocycles. The van der Waals surface area contributed by atoms with Gasteiger partial charge < -0.3 is 15.5 Å². The van der Waals surface area contributed by atoms with Crippen LogP contribution in [0.4, 0.5) is 0 Å². The predicted molar refractivity (Wildman–Crippen MR) is 96.3 cm³/mol. The average molecular weight is 316 g/mol. The van der Waals surface area contributed by atoms with E-state index < -0.39 is 0 Å². The highest BCUT2D eigenvalue weighted by Gasteiger charge is 2.04. The molecule has 134 valence electrons. The standard InChI is InChI=1S/C19H41NO2/c1-3-4-5-6-7-8-9-10-11-12-13-14-15-19(22)17-20-16-18(2)21/h18-22H,3-17H2,1-2H3. The molecule has 0 spiro atoms. The molecule has 22 heavy (non-hydrogen) atoms. The molecule has 0 aromatic carbocycles. The van der Waals surface area contributed by atoms with Crippen molar-refractivity contribution in [3.05, 3.63) is 0 Å². The van der Waals surface area contributed by atoms with Crippen LogP contribution in [0.25, 0.3) is 0 Å².